The van der Waals surface area contributed by atoms with E-state index in [0.717, 1.165) is 5.69 Å². The van der Waals surface area contributed by atoms with E-state index in [1.807, 2.05) is 6.07 Å². The molecule has 5 heteroatoms. The molecule has 0 saturated heterocycles. The molecule has 2 rings (SSSR count). The molecule has 1 aliphatic rings. The number of anilines is 1. The minimum absolute atomic E-state index is 0.250. The molecular formula is C9H13N3O2. The van der Waals surface area contributed by atoms with Gasteiger partial charge in [-0.05, 0) is 12.8 Å². The average Bonchev–Trinajstić information content (AvgIpc) is 2.02. The Kier molecular flexibility index (Phi) is 3.84. The van der Waals surface area contributed by atoms with Crippen LogP contribution in [0.3, 0.4) is 0 Å². The molecule has 0 radical (unpaired) electrons. The van der Waals surface area contributed by atoms with Gasteiger partial charge in [0.2, 0.25) is 0 Å². The molecule has 0 atom stereocenters. The fraction of sp³-hybridized carbons (Fsp3) is 0.444. The summed E-state index contributed by atoms with van der Waals surface area (Å²) in [5.41, 5.74) is 6.64. The number of nitrogens with zero attached hydrogens (tertiary/aromatic N) is 2. The van der Waals surface area contributed by atoms with Crippen LogP contribution in [0.2, 0.25) is 0 Å². The van der Waals surface area contributed by atoms with Crippen molar-refractivity contribution in [1.82, 2.24) is 9.97 Å². The van der Waals surface area contributed by atoms with Crippen molar-refractivity contribution in [2.75, 3.05) is 5.73 Å². The molecule has 1 aliphatic carbocycles. The molecule has 1 aromatic rings. The first-order valence-electron chi connectivity index (χ1n) is 4.43. The van der Waals surface area contributed by atoms with Crippen molar-refractivity contribution < 1.29 is 9.90 Å². The Labute approximate surface area is 82.0 Å². The van der Waals surface area contributed by atoms with Gasteiger partial charge in [-0.3, -0.25) is 4.79 Å². The number of hydrogen-bond acceptors (Lipinski definition) is 4. The van der Waals surface area contributed by atoms with Gasteiger partial charge in [-0.25, -0.2) is 9.97 Å². The van der Waals surface area contributed by atoms with Crippen molar-refractivity contribution in [2.24, 2.45) is 0 Å². The van der Waals surface area contributed by atoms with Gasteiger partial charge in [0.05, 0.1) is 0 Å². The lowest BCUT2D eigenvalue weighted by Gasteiger charge is -2.24. The molecule has 1 heterocycles. The summed E-state index contributed by atoms with van der Waals surface area (Å²) in [6, 6.07) is 1.88. The second-order valence-corrected chi connectivity index (χ2v) is 3.10. The van der Waals surface area contributed by atoms with Crippen molar-refractivity contribution in [3.8, 4) is 0 Å². The van der Waals surface area contributed by atoms with Gasteiger partial charge in [0.25, 0.3) is 6.47 Å². The molecule has 14 heavy (non-hydrogen) atoms. The lowest BCUT2D eigenvalue weighted by molar-refractivity contribution is -0.122. The molecular weight excluding hydrogens is 182 g/mol. The SMILES string of the molecule is Nc1cc(C2CCC2)ncn1.O=CO. The number of hydrogen-bond donors (Lipinski definition) is 2. The van der Waals surface area contributed by atoms with Gasteiger partial charge in [0, 0.05) is 17.7 Å². The highest BCUT2D eigenvalue weighted by atomic mass is 16.3. The van der Waals surface area contributed by atoms with E-state index < -0.39 is 0 Å². The average molecular weight is 195 g/mol. The molecule has 5 nitrogen and oxygen atoms in total. The van der Waals surface area contributed by atoms with E-state index in [-0.39, 0.29) is 6.47 Å². The normalized spacial score (nSPS) is 14.9. The van der Waals surface area contributed by atoms with Crippen molar-refractivity contribution in [2.45, 2.75) is 25.2 Å². The largest absolute Gasteiger partial charge is 0.483 e. The summed E-state index contributed by atoms with van der Waals surface area (Å²) in [5, 5.41) is 6.89. The van der Waals surface area contributed by atoms with Gasteiger partial charge in [0.15, 0.2) is 0 Å². The minimum Gasteiger partial charge on any atom is -0.483 e. The summed E-state index contributed by atoms with van der Waals surface area (Å²) >= 11 is 0. The predicted octanol–water partition coefficient (Wildman–Crippen LogP) is 1.03. The zero-order valence-corrected chi connectivity index (χ0v) is 7.76. The molecule has 1 fully saturated rings. The van der Waals surface area contributed by atoms with Gasteiger partial charge < -0.3 is 10.8 Å². The third-order valence-corrected chi connectivity index (χ3v) is 2.23. The second-order valence-electron chi connectivity index (χ2n) is 3.10. The van der Waals surface area contributed by atoms with Gasteiger partial charge >= 0.3 is 0 Å². The second kappa shape index (κ2) is 5.16. The van der Waals surface area contributed by atoms with Crippen LogP contribution in [0.5, 0.6) is 0 Å². The third kappa shape index (κ3) is 2.69. The highest BCUT2D eigenvalue weighted by Gasteiger charge is 2.20. The van der Waals surface area contributed by atoms with Crippen LogP contribution in [0.15, 0.2) is 12.4 Å². The molecule has 3 N–H and O–H groups in total. The fourth-order valence-corrected chi connectivity index (χ4v) is 1.32. The Bertz CT molecular complexity index is 300. The molecule has 0 amide bonds. The van der Waals surface area contributed by atoms with Crippen LogP contribution < -0.4 is 5.73 Å². The van der Waals surface area contributed by atoms with E-state index in [2.05, 4.69) is 9.97 Å². The van der Waals surface area contributed by atoms with Crippen LogP contribution in [0.1, 0.15) is 30.9 Å². The van der Waals surface area contributed by atoms with Crippen LogP contribution in [-0.4, -0.2) is 21.5 Å². The number of carboxylic acid groups (broad SMARTS) is 1. The van der Waals surface area contributed by atoms with Crippen molar-refractivity contribution >= 4 is 12.3 Å². The molecule has 0 aromatic carbocycles. The van der Waals surface area contributed by atoms with Crippen LogP contribution in [0.4, 0.5) is 5.82 Å². The van der Waals surface area contributed by atoms with Crippen molar-refractivity contribution in [3.63, 3.8) is 0 Å². The maximum atomic E-state index is 8.36. The zero-order chi connectivity index (χ0) is 10.4. The standard InChI is InChI=1S/C8H11N3.CH2O2/c9-8-4-7(10-5-11-8)6-2-1-3-6;2-1-3/h4-6H,1-3H2,(H2,9,10,11);1H,(H,2,3). The summed E-state index contributed by atoms with van der Waals surface area (Å²) in [5.74, 6) is 1.24. The summed E-state index contributed by atoms with van der Waals surface area (Å²) in [6.07, 6.45) is 5.39. The Morgan fingerprint density at radius 2 is 2.14 bits per heavy atom. The smallest absolute Gasteiger partial charge is 0.290 e. The van der Waals surface area contributed by atoms with Gasteiger partial charge in [0.1, 0.15) is 12.1 Å². The quantitative estimate of drug-likeness (QED) is 0.653. The van der Waals surface area contributed by atoms with Gasteiger partial charge in [-0.1, -0.05) is 6.42 Å². The van der Waals surface area contributed by atoms with E-state index >= 15 is 0 Å². The molecule has 0 aliphatic heterocycles. The van der Waals surface area contributed by atoms with E-state index in [9.17, 15) is 0 Å². The number of aromatic nitrogens is 2. The zero-order valence-electron chi connectivity index (χ0n) is 7.76. The lowest BCUT2D eigenvalue weighted by Crippen LogP contribution is -2.11. The summed E-state index contributed by atoms with van der Waals surface area (Å²) < 4.78 is 0. The van der Waals surface area contributed by atoms with E-state index in [0.29, 0.717) is 11.7 Å². The lowest BCUT2D eigenvalue weighted by atomic mass is 9.83. The predicted molar refractivity (Wildman–Crippen MR) is 51.7 cm³/mol. The number of carbonyl (C=O) groups is 1. The Morgan fingerprint density at radius 1 is 1.50 bits per heavy atom. The number of rotatable bonds is 1. The maximum Gasteiger partial charge on any atom is 0.290 e. The Hall–Kier alpha value is -1.65. The molecule has 0 unspecified atom stereocenters. The van der Waals surface area contributed by atoms with Crippen molar-refractivity contribution in [3.05, 3.63) is 18.1 Å². The monoisotopic (exact) mass is 195 g/mol. The van der Waals surface area contributed by atoms with Gasteiger partial charge in [-0.15, -0.1) is 0 Å². The van der Waals surface area contributed by atoms with Crippen LogP contribution in [-0.2, 0) is 4.79 Å². The van der Waals surface area contributed by atoms with Crippen LogP contribution >= 0.6 is 0 Å². The highest BCUT2D eigenvalue weighted by Crippen LogP contribution is 2.35. The topological polar surface area (TPSA) is 89.1 Å². The minimum atomic E-state index is -0.250. The first-order valence-corrected chi connectivity index (χ1v) is 4.43. The third-order valence-electron chi connectivity index (χ3n) is 2.23. The Balaban J connectivity index is 0.000000293. The first-order chi connectivity index (χ1) is 6.77. The maximum absolute atomic E-state index is 8.36. The van der Waals surface area contributed by atoms with Crippen molar-refractivity contribution in [1.29, 1.82) is 0 Å². The van der Waals surface area contributed by atoms with E-state index in [1.54, 1.807) is 6.33 Å². The summed E-state index contributed by atoms with van der Waals surface area (Å²) in [4.78, 5) is 16.4. The summed E-state index contributed by atoms with van der Waals surface area (Å²) in [6.45, 7) is -0.250. The fourth-order valence-electron chi connectivity index (χ4n) is 1.32. The van der Waals surface area contributed by atoms with Gasteiger partial charge in [-0.2, -0.15) is 0 Å². The number of nitrogens with two attached hydrogens (primary N) is 1. The molecule has 1 aromatic heterocycles. The number of nitrogen functional groups attached to an aromatic ring is 1. The van der Waals surface area contributed by atoms with Crippen LogP contribution in [0.25, 0.3) is 0 Å². The molecule has 0 bridgehead atoms. The Morgan fingerprint density at radius 3 is 2.57 bits per heavy atom. The van der Waals surface area contributed by atoms with Crippen LogP contribution in [0, 0.1) is 0 Å². The first kappa shape index (κ1) is 10.4. The molecule has 0 spiro atoms. The highest BCUT2D eigenvalue weighted by molar-refractivity contribution is 5.32. The van der Waals surface area contributed by atoms with E-state index in [1.165, 1.54) is 19.3 Å². The summed E-state index contributed by atoms with van der Waals surface area (Å²) in [7, 11) is 0. The van der Waals surface area contributed by atoms with E-state index in [4.69, 9.17) is 15.6 Å². The molecule has 76 valence electrons. The molecule has 1 saturated carbocycles.